The van der Waals surface area contributed by atoms with Crippen molar-refractivity contribution in [3.8, 4) is 0 Å². The predicted octanol–water partition coefficient (Wildman–Crippen LogP) is 3.06. The van der Waals surface area contributed by atoms with Gasteiger partial charge in [0.25, 0.3) is 0 Å². The van der Waals surface area contributed by atoms with Gasteiger partial charge in [-0.05, 0) is 18.2 Å². The Balaban J connectivity index is 2.23. The highest BCUT2D eigenvalue weighted by atomic mass is 35.5. The highest BCUT2D eigenvalue weighted by molar-refractivity contribution is 6.20. The molecule has 0 aliphatic carbocycles. The van der Waals surface area contributed by atoms with Gasteiger partial charge in [0.05, 0.1) is 12.1 Å². The van der Waals surface area contributed by atoms with Crippen molar-refractivity contribution < 1.29 is 17.9 Å². The van der Waals surface area contributed by atoms with Gasteiger partial charge in [-0.1, -0.05) is 17.7 Å². The van der Waals surface area contributed by atoms with Crippen LogP contribution in [-0.2, 0) is 10.9 Å². The highest BCUT2D eigenvalue weighted by Crippen LogP contribution is 2.32. The lowest BCUT2D eigenvalue weighted by molar-refractivity contribution is -0.137. The number of halogens is 4. The molecule has 1 aliphatic heterocycles. The molecule has 1 aliphatic rings. The summed E-state index contributed by atoms with van der Waals surface area (Å²) in [6, 6.07) is 5.12. The number of rotatable bonds is 1. The van der Waals surface area contributed by atoms with Crippen LogP contribution in [0.25, 0.3) is 0 Å². The molecule has 0 N–H and O–H groups in total. The van der Waals surface area contributed by atoms with Crippen LogP contribution in [0.3, 0.4) is 0 Å². The Morgan fingerprint density at radius 2 is 2.12 bits per heavy atom. The summed E-state index contributed by atoms with van der Waals surface area (Å²) in [4.78, 5) is 1.66. The van der Waals surface area contributed by atoms with E-state index in [0.717, 1.165) is 12.1 Å². The molecule has 0 bridgehead atoms. The second-order valence-corrected chi connectivity index (χ2v) is 3.96. The zero-order chi connectivity index (χ0) is 11.8. The van der Waals surface area contributed by atoms with E-state index in [1.807, 2.05) is 0 Å². The van der Waals surface area contributed by atoms with Crippen LogP contribution < -0.4 is 4.90 Å². The van der Waals surface area contributed by atoms with Crippen molar-refractivity contribution in [1.82, 2.24) is 0 Å². The number of nitrogens with zero attached hydrogens (tertiary/aromatic N) is 1. The fourth-order valence-electron chi connectivity index (χ4n) is 1.51. The van der Waals surface area contributed by atoms with Crippen LogP contribution >= 0.6 is 11.6 Å². The van der Waals surface area contributed by atoms with E-state index in [0.29, 0.717) is 12.2 Å². The Labute approximate surface area is 95.6 Å². The van der Waals surface area contributed by atoms with Gasteiger partial charge in [-0.2, -0.15) is 13.2 Å². The molecule has 0 aromatic heterocycles. The lowest BCUT2D eigenvalue weighted by atomic mass is 10.2. The van der Waals surface area contributed by atoms with Crippen LogP contribution in [-0.4, -0.2) is 18.8 Å². The lowest BCUT2D eigenvalue weighted by Gasteiger charge is -2.17. The van der Waals surface area contributed by atoms with Crippen molar-refractivity contribution in [2.75, 3.05) is 18.2 Å². The first kappa shape index (κ1) is 11.5. The third-order valence-electron chi connectivity index (χ3n) is 2.31. The van der Waals surface area contributed by atoms with Crippen LogP contribution in [0.15, 0.2) is 24.3 Å². The summed E-state index contributed by atoms with van der Waals surface area (Å²) in [5, 5.41) is 0. The van der Waals surface area contributed by atoms with Crippen LogP contribution in [0.1, 0.15) is 5.56 Å². The normalized spacial score (nSPS) is 21.5. The summed E-state index contributed by atoms with van der Waals surface area (Å²) in [6.07, 6.45) is -4.32. The Bertz CT molecular complexity index is 383. The molecule has 1 unspecified atom stereocenters. The molecule has 2 nitrogen and oxygen atoms in total. The van der Waals surface area contributed by atoms with Gasteiger partial charge in [-0.25, -0.2) is 0 Å². The van der Waals surface area contributed by atoms with Crippen LogP contribution in [0.4, 0.5) is 18.9 Å². The number of hydrogen-bond acceptors (Lipinski definition) is 2. The molecule has 1 heterocycles. The minimum Gasteiger partial charge on any atom is -0.345 e. The third kappa shape index (κ3) is 2.41. The van der Waals surface area contributed by atoms with E-state index in [1.165, 1.54) is 6.07 Å². The maximum absolute atomic E-state index is 12.5. The Morgan fingerprint density at radius 3 is 2.69 bits per heavy atom. The molecule has 6 heteroatoms. The monoisotopic (exact) mass is 251 g/mol. The van der Waals surface area contributed by atoms with Gasteiger partial charge in [0.15, 0.2) is 5.56 Å². The van der Waals surface area contributed by atoms with E-state index in [-0.39, 0.29) is 6.73 Å². The van der Waals surface area contributed by atoms with Gasteiger partial charge in [-0.15, -0.1) is 0 Å². The van der Waals surface area contributed by atoms with Gasteiger partial charge >= 0.3 is 6.18 Å². The average Bonchev–Trinajstić information content (AvgIpc) is 2.64. The molecular weight excluding hydrogens is 243 g/mol. The molecular formula is C10H9ClF3NO. The van der Waals surface area contributed by atoms with E-state index >= 15 is 0 Å². The average molecular weight is 252 g/mol. The van der Waals surface area contributed by atoms with Crippen LogP contribution in [0, 0.1) is 0 Å². The first-order valence-corrected chi connectivity index (χ1v) is 5.08. The summed E-state index contributed by atoms with van der Waals surface area (Å²) in [5.41, 5.74) is -0.657. The quantitative estimate of drug-likeness (QED) is 0.712. The highest BCUT2D eigenvalue weighted by Gasteiger charge is 2.31. The van der Waals surface area contributed by atoms with Gasteiger partial charge in [0, 0.05) is 5.69 Å². The number of alkyl halides is 4. The Hall–Kier alpha value is -0.940. The van der Waals surface area contributed by atoms with Gasteiger partial charge < -0.3 is 9.64 Å². The molecule has 1 aromatic rings. The molecule has 1 aromatic carbocycles. The zero-order valence-electron chi connectivity index (χ0n) is 8.17. The van der Waals surface area contributed by atoms with Gasteiger partial charge in [0.2, 0.25) is 0 Å². The van der Waals surface area contributed by atoms with E-state index in [1.54, 1.807) is 11.0 Å². The first-order valence-electron chi connectivity index (χ1n) is 4.65. The Morgan fingerprint density at radius 1 is 1.38 bits per heavy atom. The largest absolute Gasteiger partial charge is 0.416 e. The van der Waals surface area contributed by atoms with E-state index in [2.05, 4.69) is 0 Å². The molecule has 1 saturated heterocycles. The molecule has 0 spiro atoms. The minimum absolute atomic E-state index is 0.218. The van der Waals surface area contributed by atoms with E-state index < -0.39 is 17.3 Å². The molecule has 2 rings (SSSR count). The second-order valence-electron chi connectivity index (χ2n) is 3.48. The van der Waals surface area contributed by atoms with Crippen molar-refractivity contribution in [3.05, 3.63) is 29.8 Å². The summed E-state index contributed by atoms with van der Waals surface area (Å²) in [6.45, 7) is 0.609. The predicted molar refractivity (Wildman–Crippen MR) is 54.4 cm³/mol. The van der Waals surface area contributed by atoms with Crippen molar-refractivity contribution in [1.29, 1.82) is 0 Å². The summed E-state index contributed by atoms with van der Waals surface area (Å²) in [5.74, 6) is 0. The van der Waals surface area contributed by atoms with Gasteiger partial charge in [0.1, 0.15) is 6.73 Å². The topological polar surface area (TPSA) is 12.5 Å². The standard InChI is InChI=1S/C10H9ClF3NO/c11-9-5-15(6-16-9)8-3-1-2-7(4-8)10(12,13)14/h1-4,9H,5-6H2. The molecule has 88 valence electrons. The number of hydrogen-bond donors (Lipinski definition) is 0. The van der Waals surface area contributed by atoms with Crippen molar-refractivity contribution >= 4 is 17.3 Å². The third-order valence-corrected chi connectivity index (χ3v) is 2.58. The van der Waals surface area contributed by atoms with Crippen molar-refractivity contribution in [2.45, 2.75) is 11.7 Å². The smallest absolute Gasteiger partial charge is 0.345 e. The second kappa shape index (κ2) is 4.14. The fraction of sp³-hybridized carbons (Fsp3) is 0.400. The SMILES string of the molecule is FC(F)(F)c1cccc(N2COC(Cl)C2)c1. The summed E-state index contributed by atoms with van der Waals surface area (Å²) in [7, 11) is 0. The molecule has 0 amide bonds. The van der Waals surface area contributed by atoms with Crippen LogP contribution in [0.5, 0.6) is 0 Å². The molecule has 16 heavy (non-hydrogen) atoms. The number of benzene rings is 1. The van der Waals surface area contributed by atoms with E-state index in [9.17, 15) is 13.2 Å². The lowest BCUT2D eigenvalue weighted by Crippen LogP contribution is -2.20. The Kier molecular flexibility index (Phi) is 2.99. The molecule has 1 fully saturated rings. The van der Waals surface area contributed by atoms with Crippen molar-refractivity contribution in [2.24, 2.45) is 0 Å². The summed E-state index contributed by atoms with van der Waals surface area (Å²) >= 11 is 5.70. The van der Waals surface area contributed by atoms with E-state index in [4.69, 9.17) is 16.3 Å². The molecule has 0 saturated carbocycles. The van der Waals surface area contributed by atoms with Crippen LogP contribution in [0.2, 0.25) is 0 Å². The zero-order valence-corrected chi connectivity index (χ0v) is 8.92. The fourth-order valence-corrected chi connectivity index (χ4v) is 1.73. The van der Waals surface area contributed by atoms with Gasteiger partial charge in [-0.3, -0.25) is 0 Å². The summed E-state index contributed by atoms with van der Waals surface area (Å²) < 4.78 is 42.4. The molecule has 1 atom stereocenters. The maximum Gasteiger partial charge on any atom is 0.416 e. The molecule has 0 radical (unpaired) electrons. The van der Waals surface area contributed by atoms with Crippen molar-refractivity contribution in [3.63, 3.8) is 0 Å². The maximum atomic E-state index is 12.5. The minimum atomic E-state index is -4.32. The number of anilines is 1. The number of ether oxygens (including phenoxy) is 1. The first-order chi connectivity index (χ1) is 7.47.